The van der Waals surface area contributed by atoms with Crippen molar-refractivity contribution in [2.45, 2.75) is 38.0 Å². The smallest absolute Gasteiger partial charge is 0.272 e. The lowest BCUT2D eigenvalue weighted by molar-refractivity contribution is 0.0777. The van der Waals surface area contributed by atoms with Crippen LogP contribution >= 0.6 is 0 Å². The van der Waals surface area contributed by atoms with E-state index in [0.29, 0.717) is 17.5 Å². The highest BCUT2D eigenvalue weighted by Gasteiger charge is 2.28. The fourth-order valence-corrected chi connectivity index (χ4v) is 3.64. The van der Waals surface area contributed by atoms with Crippen molar-refractivity contribution in [3.8, 4) is 0 Å². The number of carbonyl (C=O) groups is 1. The monoisotopic (exact) mass is 357 g/mol. The molecule has 1 atom stereocenters. The Morgan fingerprint density at radius 2 is 2.15 bits per heavy atom. The molecule has 1 amide bonds. The van der Waals surface area contributed by atoms with E-state index >= 15 is 0 Å². The highest BCUT2D eigenvalue weighted by atomic mass is 16.5. The number of aryl methyl sites for hydroxylation is 1. The molecule has 2 aliphatic rings. The molecule has 0 N–H and O–H groups in total. The second kappa shape index (κ2) is 7.90. The zero-order chi connectivity index (χ0) is 17.8. The van der Waals surface area contributed by atoms with Crippen LogP contribution in [0.5, 0.6) is 0 Å². The molecule has 0 aliphatic carbocycles. The number of rotatable bonds is 5. The molecule has 2 aliphatic heterocycles. The number of carbonyl (C=O) groups excluding carboxylic acids is 1. The van der Waals surface area contributed by atoms with E-state index in [1.165, 1.54) is 6.33 Å². The lowest BCUT2D eigenvalue weighted by atomic mass is 10.0. The highest BCUT2D eigenvalue weighted by Crippen LogP contribution is 2.26. The predicted molar refractivity (Wildman–Crippen MR) is 91.5 cm³/mol. The van der Waals surface area contributed by atoms with Crippen molar-refractivity contribution < 1.29 is 14.1 Å². The molecule has 4 rings (SSSR count). The van der Waals surface area contributed by atoms with Crippen LogP contribution in [0.15, 0.2) is 23.1 Å². The van der Waals surface area contributed by atoms with Crippen LogP contribution in [0.1, 0.15) is 53.8 Å². The fourth-order valence-electron chi connectivity index (χ4n) is 3.64. The molecule has 4 heterocycles. The summed E-state index contributed by atoms with van der Waals surface area (Å²) >= 11 is 0. The second-order valence-electron chi connectivity index (χ2n) is 6.97. The maximum absolute atomic E-state index is 12.4. The maximum atomic E-state index is 12.4. The summed E-state index contributed by atoms with van der Waals surface area (Å²) in [5.74, 6) is 2.29. The van der Waals surface area contributed by atoms with Gasteiger partial charge in [-0.25, -0.2) is 9.97 Å². The van der Waals surface area contributed by atoms with Gasteiger partial charge in [0.15, 0.2) is 5.82 Å². The van der Waals surface area contributed by atoms with E-state index in [1.807, 2.05) is 4.90 Å². The Kier molecular flexibility index (Phi) is 5.19. The van der Waals surface area contributed by atoms with Gasteiger partial charge in [-0.3, -0.25) is 4.79 Å². The van der Waals surface area contributed by atoms with Gasteiger partial charge >= 0.3 is 0 Å². The van der Waals surface area contributed by atoms with Gasteiger partial charge in [-0.1, -0.05) is 5.16 Å². The summed E-state index contributed by atoms with van der Waals surface area (Å²) in [5, 5.41) is 4.13. The number of hydrogen-bond acceptors (Lipinski definition) is 7. The third-order valence-corrected chi connectivity index (χ3v) is 5.20. The SMILES string of the molecule is O=C(c1ccncn1)N1CCC(CCc2noc(C3CCOCC3)n2)C1. The Bertz CT molecular complexity index is 729. The molecule has 2 aromatic heterocycles. The molecule has 0 bridgehead atoms. The average Bonchev–Trinajstić information content (AvgIpc) is 3.37. The quantitative estimate of drug-likeness (QED) is 0.806. The zero-order valence-electron chi connectivity index (χ0n) is 14.7. The molecule has 1 unspecified atom stereocenters. The Balaban J connectivity index is 1.27. The zero-order valence-corrected chi connectivity index (χ0v) is 14.7. The van der Waals surface area contributed by atoms with Gasteiger partial charge in [0.05, 0.1) is 0 Å². The Hall–Kier alpha value is -2.35. The van der Waals surface area contributed by atoms with Gasteiger partial charge in [-0.05, 0) is 37.7 Å². The molecule has 8 heteroatoms. The van der Waals surface area contributed by atoms with Crippen LogP contribution in [0.25, 0.3) is 0 Å². The third-order valence-electron chi connectivity index (χ3n) is 5.20. The molecule has 0 saturated carbocycles. The van der Waals surface area contributed by atoms with Gasteiger partial charge in [0.25, 0.3) is 5.91 Å². The van der Waals surface area contributed by atoms with E-state index in [2.05, 4.69) is 20.1 Å². The first-order valence-corrected chi connectivity index (χ1v) is 9.25. The molecule has 2 fully saturated rings. The molecule has 0 spiro atoms. The van der Waals surface area contributed by atoms with Gasteiger partial charge in [-0.15, -0.1) is 0 Å². The fraction of sp³-hybridized carbons (Fsp3) is 0.611. The van der Waals surface area contributed by atoms with E-state index in [0.717, 1.165) is 70.1 Å². The first kappa shape index (κ1) is 17.1. The minimum absolute atomic E-state index is 0.0173. The largest absolute Gasteiger partial charge is 0.381 e. The Morgan fingerprint density at radius 3 is 2.96 bits per heavy atom. The second-order valence-corrected chi connectivity index (χ2v) is 6.97. The average molecular weight is 357 g/mol. The molecular weight excluding hydrogens is 334 g/mol. The lowest BCUT2D eigenvalue weighted by Crippen LogP contribution is -2.29. The minimum Gasteiger partial charge on any atom is -0.381 e. The van der Waals surface area contributed by atoms with Crippen LogP contribution in [0.4, 0.5) is 0 Å². The summed E-state index contributed by atoms with van der Waals surface area (Å²) in [6.07, 6.45) is 7.65. The van der Waals surface area contributed by atoms with Crippen molar-refractivity contribution in [2.75, 3.05) is 26.3 Å². The first-order chi connectivity index (χ1) is 12.8. The number of hydrogen-bond donors (Lipinski definition) is 0. The van der Waals surface area contributed by atoms with E-state index in [1.54, 1.807) is 12.3 Å². The van der Waals surface area contributed by atoms with Crippen molar-refractivity contribution in [2.24, 2.45) is 5.92 Å². The molecular formula is C18H23N5O3. The van der Waals surface area contributed by atoms with E-state index in [9.17, 15) is 4.79 Å². The summed E-state index contributed by atoms with van der Waals surface area (Å²) in [4.78, 5) is 26.8. The van der Waals surface area contributed by atoms with Gasteiger partial charge in [0.2, 0.25) is 5.89 Å². The molecule has 0 aromatic carbocycles. The van der Waals surface area contributed by atoms with Gasteiger partial charge in [0, 0.05) is 44.8 Å². The topological polar surface area (TPSA) is 94.2 Å². The number of nitrogens with zero attached hydrogens (tertiary/aromatic N) is 5. The van der Waals surface area contributed by atoms with Gasteiger partial charge in [-0.2, -0.15) is 4.98 Å². The molecule has 2 aromatic rings. The first-order valence-electron chi connectivity index (χ1n) is 9.25. The summed E-state index contributed by atoms with van der Waals surface area (Å²) in [7, 11) is 0. The molecule has 138 valence electrons. The number of aromatic nitrogens is 4. The molecule has 8 nitrogen and oxygen atoms in total. The summed E-state index contributed by atoms with van der Waals surface area (Å²) in [6.45, 7) is 3.06. The Morgan fingerprint density at radius 1 is 1.27 bits per heavy atom. The van der Waals surface area contributed by atoms with Crippen molar-refractivity contribution in [1.29, 1.82) is 0 Å². The maximum Gasteiger partial charge on any atom is 0.272 e. The van der Waals surface area contributed by atoms with Crippen LogP contribution < -0.4 is 0 Å². The highest BCUT2D eigenvalue weighted by molar-refractivity contribution is 5.92. The van der Waals surface area contributed by atoms with E-state index in [-0.39, 0.29) is 5.91 Å². The number of amides is 1. The predicted octanol–water partition coefficient (Wildman–Crippen LogP) is 1.85. The van der Waals surface area contributed by atoms with Gasteiger partial charge in [0.1, 0.15) is 12.0 Å². The lowest BCUT2D eigenvalue weighted by Gasteiger charge is -2.17. The standard InChI is InChI=1S/C18H23N5O3/c24-18(15-3-7-19-12-20-15)23-8-4-13(11-23)1-2-16-21-17(26-22-16)14-5-9-25-10-6-14/h3,7,12-14H,1-2,4-6,8-11H2. The minimum atomic E-state index is -0.0173. The van der Waals surface area contributed by atoms with Crippen molar-refractivity contribution in [3.05, 3.63) is 36.0 Å². The summed E-state index contributed by atoms with van der Waals surface area (Å²) in [5.41, 5.74) is 0.458. The van der Waals surface area contributed by atoms with Gasteiger partial charge < -0.3 is 14.2 Å². The third kappa shape index (κ3) is 3.90. The van der Waals surface area contributed by atoms with Crippen LogP contribution in [0, 0.1) is 5.92 Å². The van der Waals surface area contributed by atoms with Crippen LogP contribution in [0.2, 0.25) is 0 Å². The number of likely N-dealkylation sites (tertiary alicyclic amines) is 1. The Labute approximate surface area is 152 Å². The van der Waals surface area contributed by atoms with Crippen LogP contribution in [0.3, 0.4) is 0 Å². The van der Waals surface area contributed by atoms with Crippen molar-refractivity contribution >= 4 is 5.91 Å². The molecule has 0 radical (unpaired) electrons. The normalized spacial score (nSPS) is 21.2. The summed E-state index contributed by atoms with van der Waals surface area (Å²) < 4.78 is 10.8. The molecule has 2 saturated heterocycles. The van der Waals surface area contributed by atoms with E-state index < -0.39 is 0 Å². The van der Waals surface area contributed by atoms with Crippen LogP contribution in [-0.4, -0.2) is 57.2 Å². The summed E-state index contributed by atoms with van der Waals surface area (Å²) in [6, 6.07) is 1.66. The van der Waals surface area contributed by atoms with Crippen LogP contribution in [-0.2, 0) is 11.2 Å². The van der Waals surface area contributed by atoms with E-state index in [4.69, 9.17) is 9.26 Å². The van der Waals surface area contributed by atoms with Crippen molar-refractivity contribution in [3.63, 3.8) is 0 Å². The molecule has 26 heavy (non-hydrogen) atoms. The number of ether oxygens (including phenoxy) is 1. The van der Waals surface area contributed by atoms with Crippen molar-refractivity contribution in [1.82, 2.24) is 25.0 Å².